The first-order chi connectivity index (χ1) is 9.02. The number of esters is 2. The van der Waals surface area contributed by atoms with Gasteiger partial charge in [0, 0.05) is 0 Å². The van der Waals surface area contributed by atoms with Crippen molar-refractivity contribution in [3.8, 4) is 0 Å². The summed E-state index contributed by atoms with van der Waals surface area (Å²) in [5, 5.41) is 0. The second-order valence-electron chi connectivity index (χ2n) is 3.88. The molecule has 0 aromatic carbocycles. The van der Waals surface area contributed by atoms with Gasteiger partial charge in [0.1, 0.15) is 0 Å². The van der Waals surface area contributed by atoms with Gasteiger partial charge in [-0.15, -0.1) is 25.3 Å². The van der Waals surface area contributed by atoms with Crippen LogP contribution in [0.15, 0.2) is 0 Å². The lowest BCUT2D eigenvalue weighted by molar-refractivity contribution is -0.159. The standard InChI is InChI=1S/C12H22O5S2/c1-3-5-7-15-9(13)11(18)17-12(19)10(14)16-8-6-4-2/h11-12,18-19H,3-8H2,1-2H3. The Kier molecular flexibility index (Phi) is 11.2. The lowest BCUT2D eigenvalue weighted by Gasteiger charge is -2.16. The monoisotopic (exact) mass is 310 g/mol. The molecule has 0 bridgehead atoms. The van der Waals surface area contributed by atoms with E-state index < -0.39 is 22.8 Å². The molecule has 0 aromatic heterocycles. The van der Waals surface area contributed by atoms with Gasteiger partial charge in [0.2, 0.25) is 0 Å². The van der Waals surface area contributed by atoms with Crippen LogP contribution < -0.4 is 0 Å². The smallest absolute Gasteiger partial charge is 0.345 e. The second-order valence-corrected chi connectivity index (χ2v) is 4.82. The molecular formula is C12H22O5S2. The zero-order valence-corrected chi connectivity index (χ0v) is 13.1. The molecule has 0 saturated heterocycles. The molecule has 5 nitrogen and oxygen atoms in total. The summed E-state index contributed by atoms with van der Waals surface area (Å²) in [6.45, 7) is 4.60. The summed E-state index contributed by atoms with van der Waals surface area (Å²) in [7, 11) is 0. The van der Waals surface area contributed by atoms with Crippen LogP contribution in [0.3, 0.4) is 0 Å². The fourth-order valence-electron chi connectivity index (χ4n) is 1.01. The zero-order valence-electron chi connectivity index (χ0n) is 11.3. The number of ether oxygens (including phenoxy) is 3. The van der Waals surface area contributed by atoms with Crippen LogP contribution in [-0.4, -0.2) is 36.0 Å². The van der Waals surface area contributed by atoms with Crippen LogP contribution in [-0.2, 0) is 23.8 Å². The van der Waals surface area contributed by atoms with Gasteiger partial charge < -0.3 is 14.2 Å². The van der Waals surface area contributed by atoms with Crippen LogP contribution in [0.2, 0.25) is 0 Å². The Morgan fingerprint density at radius 1 is 0.895 bits per heavy atom. The van der Waals surface area contributed by atoms with E-state index in [2.05, 4.69) is 25.3 Å². The van der Waals surface area contributed by atoms with Crippen molar-refractivity contribution in [3.05, 3.63) is 0 Å². The third kappa shape index (κ3) is 9.18. The lowest BCUT2D eigenvalue weighted by Crippen LogP contribution is -2.30. The Balaban J connectivity index is 3.92. The summed E-state index contributed by atoms with van der Waals surface area (Å²) < 4.78 is 14.8. The fraction of sp³-hybridized carbons (Fsp3) is 0.833. The molecule has 2 unspecified atom stereocenters. The van der Waals surface area contributed by atoms with Gasteiger partial charge in [0.05, 0.1) is 13.2 Å². The zero-order chi connectivity index (χ0) is 14.7. The van der Waals surface area contributed by atoms with Gasteiger partial charge in [-0.2, -0.15) is 0 Å². The summed E-state index contributed by atoms with van der Waals surface area (Å²) >= 11 is 7.83. The normalized spacial score (nSPS) is 13.7. The number of rotatable bonds is 10. The molecule has 0 aliphatic rings. The number of hydrogen-bond acceptors (Lipinski definition) is 7. The van der Waals surface area contributed by atoms with Gasteiger partial charge in [-0.1, -0.05) is 26.7 Å². The Labute approximate surface area is 125 Å². The first-order valence-corrected chi connectivity index (χ1v) is 7.41. The summed E-state index contributed by atoms with van der Waals surface area (Å²) in [6, 6.07) is 0. The van der Waals surface area contributed by atoms with Gasteiger partial charge in [-0.25, -0.2) is 9.59 Å². The van der Waals surface area contributed by atoms with E-state index in [9.17, 15) is 9.59 Å². The van der Waals surface area contributed by atoms with Crippen molar-refractivity contribution in [1.29, 1.82) is 0 Å². The van der Waals surface area contributed by atoms with E-state index in [0.29, 0.717) is 13.2 Å². The molecule has 2 atom stereocenters. The summed E-state index contributed by atoms with van der Waals surface area (Å²) in [5.74, 6) is -1.26. The van der Waals surface area contributed by atoms with Crippen LogP contribution in [0.5, 0.6) is 0 Å². The molecule has 0 aliphatic carbocycles. The molecule has 0 N–H and O–H groups in total. The Morgan fingerprint density at radius 2 is 1.26 bits per heavy atom. The minimum atomic E-state index is -1.14. The van der Waals surface area contributed by atoms with Crippen molar-refractivity contribution < 1.29 is 23.8 Å². The predicted octanol–water partition coefficient (Wildman–Crippen LogP) is 2.20. The second kappa shape index (κ2) is 11.4. The first-order valence-electron chi connectivity index (χ1n) is 6.37. The van der Waals surface area contributed by atoms with Crippen molar-refractivity contribution in [3.63, 3.8) is 0 Å². The van der Waals surface area contributed by atoms with E-state index in [4.69, 9.17) is 14.2 Å². The van der Waals surface area contributed by atoms with E-state index in [1.54, 1.807) is 0 Å². The number of carbonyl (C=O) groups excluding carboxylic acids is 2. The van der Waals surface area contributed by atoms with Gasteiger partial charge >= 0.3 is 11.9 Å². The Morgan fingerprint density at radius 3 is 1.58 bits per heavy atom. The highest BCUT2D eigenvalue weighted by Crippen LogP contribution is 2.10. The SMILES string of the molecule is CCCCOC(=O)C(S)OC(S)C(=O)OCCCC. The molecule has 19 heavy (non-hydrogen) atoms. The molecule has 0 heterocycles. The predicted molar refractivity (Wildman–Crippen MR) is 78.4 cm³/mol. The van der Waals surface area contributed by atoms with Gasteiger partial charge in [0.25, 0.3) is 0 Å². The molecule has 7 heteroatoms. The summed E-state index contributed by atoms with van der Waals surface area (Å²) in [5.41, 5.74) is -2.28. The van der Waals surface area contributed by atoms with E-state index in [0.717, 1.165) is 25.7 Å². The molecule has 0 amide bonds. The Bertz CT molecular complexity index is 247. The van der Waals surface area contributed by atoms with Crippen molar-refractivity contribution >= 4 is 37.2 Å². The molecule has 0 radical (unpaired) electrons. The molecule has 0 saturated carbocycles. The van der Waals surface area contributed by atoms with Gasteiger partial charge in [-0.3, -0.25) is 0 Å². The minimum absolute atomic E-state index is 0.313. The molecule has 0 aromatic rings. The maximum absolute atomic E-state index is 11.4. The number of hydrogen-bond donors (Lipinski definition) is 2. The fourth-order valence-corrected chi connectivity index (χ4v) is 1.50. The van der Waals surface area contributed by atoms with Gasteiger partial charge in [0.15, 0.2) is 10.9 Å². The number of carbonyl (C=O) groups is 2. The molecule has 0 spiro atoms. The van der Waals surface area contributed by atoms with Crippen LogP contribution in [0, 0.1) is 0 Å². The average Bonchev–Trinajstić information content (AvgIpc) is 2.38. The maximum Gasteiger partial charge on any atom is 0.345 e. The number of unbranched alkanes of at least 4 members (excludes halogenated alkanes) is 2. The van der Waals surface area contributed by atoms with Gasteiger partial charge in [-0.05, 0) is 12.8 Å². The van der Waals surface area contributed by atoms with Crippen LogP contribution in [0.25, 0.3) is 0 Å². The highest BCUT2D eigenvalue weighted by Gasteiger charge is 2.24. The van der Waals surface area contributed by atoms with E-state index >= 15 is 0 Å². The van der Waals surface area contributed by atoms with Crippen LogP contribution >= 0.6 is 25.3 Å². The third-order valence-electron chi connectivity index (χ3n) is 2.15. The third-order valence-corrected chi connectivity index (χ3v) is 2.81. The molecule has 112 valence electrons. The molecule has 0 fully saturated rings. The van der Waals surface area contributed by atoms with Crippen molar-refractivity contribution in [2.24, 2.45) is 0 Å². The lowest BCUT2D eigenvalue weighted by atomic mass is 10.4. The van der Waals surface area contributed by atoms with Crippen molar-refractivity contribution in [2.45, 2.75) is 50.4 Å². The highest BCUT2D eigenvalue weighted by atomic mass is 32.1. The quantitative estimate of drug-likeness (QED) is 0.280. The number of thiol groups is 2. The first kappa shape index (κ1) is 18.6. The van der Waals surface area contributed by atoms with E-state index in [1.165, 1.54) is 0 Å². The maximum atomic E-state index is 11.4. The largest absolute Gasteiger partial charge is 0.463 e. The minimum Gasteiger partial charge on any atom is -0.463 e. The topological polar surface area (TPSA) is 61.8 Å². The van der Waals surface area contributed by atoms with Crippen LogP contribution in [0.1, 0.15) is 39.5 Å². The molecule has 0 aliphatic heterocycles. The Hall–Kier alpha value is -0.400. The van der Waals surface area contributed by atoms with E-state index in [1.807, 2.05) is 13.8 Å². The summed E-state index contributed by atoms with van der Waals surface area (Å²) in [4.78, 5) is 22.9. The van der Waals surface area contributed by atoms with Crippen molar-refractivity contribution in [1.82, 2.24) is 0 Å². The van der Waals surface area contributed by atoms with Crippen molar-refractivity contribution in [2.75, 3.05) is 13.2 Å². The highest BCUT2D eigenvalue weighted by molar-refractivity contribution is 7.82. The average molecular weight is 310 g/mol. The van der Waals surface area contributed by atoms with Crippen LogP contribution in [0.4, 0.5) is 0 Å². The molecular weight excluding hydrogens is 288 g/mol. The summed E-state index contributed by atoms with van der Waals surface area (Å²) in [6.07, 6.45) is 3.39. The molecule has 0 rings (SSSR count). The van der Waals surface area contributed by atoms with E-state index in [-0.39, 0.29) is 0 Å².